The van der Waals surface area contributed by atoms with Gasteiger partial charge < -0.3 is 4.74 Å². The van der Waals surface area contributed by atoms with Crippen LogP contribution in [0.15, 0.2) is 24.3 Å². The molecule has 1 aliphatic carbocycles. The van der Waals surface area contributed by atoms with Gasteiger partial charge in [-0.15, -0.1) is 0 Å². The van der Waals surface area contributed by atoms with Crippen LogP contribution in [0.1, 0.15) is 36.0 Å². The maximum Gasteiger partial charge on any atom is 0.153 e. The predicted molar refractivity (Wildman–Crippen MR) is 64.2 cm³/mol. The standard InChI is InChI=1S/C13H15N3O/c1-17-11-6-2-9(3-7-11)8-12-14-13(16-15-12)10-4-5-10/h2-3,6-7,10H,4-5,8H2,1H3,(H,14,15,16). The van der Waals surface area contributed by atoms with E-state index in [9.17, 15) is 0 Å². The molecule has 4 heteroatoms. The van der Waals surface area contributed by atoms with Crippen LogP contribution >= 0.6 is 0 Å². The third-order valence-electron chi connectivity index (χ3n) is 3.02. The Hall–Kier alpha value is -1.84. The number of nitrogens with one attached hydrogen (secondary N) is 1. The van der Waals surface area contributed by atoms with Crippen LogP contribution < -0.4 is 4.74 Å². The first-order valence-corrected chi connectivity index (χ1v) is 5.89. The minimum Gasteiger partial charge on any atom is -0.497 e. The van der Waals surface area contributed by atoms with Gasteiger partial charge in [-0.2, -0.15) is 5.10 Å². The highest BCUT2D eigenvalue weighted by atomic mass is 16.5. The Morgan fingerprint density at radius 1 is 1.29 bits per heavy atom. The SMILES string of the molecule is COc1ccc(Cc2nc(C3CC3)n[nH]2)cc1. The van der Waals surface area contributed by atoms with Gasteiger partial charge >= 0.3 is 0 Å². The van der Waals surface area contributed by atoms with Crippen molar-refractivity contribution in [1.29, 1.82) is 0 Å². The van der Waals surface area contributed by atoms with Gasteiger partial charge in [-0.05, 0) is 30.5 Å². The van der Waals surface area contributed by atoms with E-state index in [1.54, 1.807) is 7.11 Å². The summed E-state index contributed by atoms with van der Waals surface area (Å²) in [5.74, 6) is 3.41. The molecule has 0 radical (unpaired) electrons. The van der Waals surface area contributed by atoms with Crippen molar-refractivity contribution in [2.24, 2.45) is 0 Å². The largest absolute Gasteiger partial charge is 0.497 e. The minimum atomic E-state index is 0.607. The van der Waals surface area contributed by atoms with Crippen LogP contribution in [0.4, 0.5) is 0 Å². The van der Waals surface area contributed by atoms with Crippen molar-refractivity contribution in [2.45, 2.75) is 25.2 Å². The van der Waals surface area contributed by atoms with Crippen LogP contribution in [-0.4, -0.2) is 22.3 Å². The molecule has 1 heterocycles. The fraction of sp³-hybridized carbons (Fsp3) is 0.385. The van der Waals surface area contributed by atoms with Gasteiger partial charge in [0.15, 0.2) is 5.82 Å². The summed E-state index contributed by atoms with van der Waals surface area (Å²) in [7, 11) is 1.67. The minimum absolute atomic E-state index is 0.607. The molecule has 1 aromatic carbocycles. The van der Waals surface area contributed by atoms with E-state index in [0.717, 1.165) is 23.8 Å². The Labute approximate surface area is 100 Å². The van der Waals surface area contributed by atoms with E-state index in [-0.39, 0.29) is 0 Å². The summed E-state index contributed by atoms with van der Waals surface area (Å²) in [5, 5.41) is 7.26. The molecule has 17 heavy (non-hydrogen) atoms. The molecule has 0 bridgehead atoms. The summed E-state index contributed by atoms with van der Waals surface area (Å²) in [6, 6.07) is 8.04. The third kappa shape index (κ3) is 2.30. The van der Waals surface area contributed by atoms with Crippen LogP contribution in [0.5, 0.6) is 5.75 Å². The van der Waals surface area contributed by atoms with Gasteiger partial charge in [0.1, 0.15) is 11.6 Å². The molecule has 1 saturated carbocycles. The molecule has 0 atom stereocenters. The fourth-order valence-corrected chi connectivity index (χ4v) is 1.85. The van der Waals surface area contributed by atoms with Gasteiger partial charge in [-0.3, -0.25) is 5.10 Å². The first kappa shape index (κ1) is 10.3. The molecule has 2 aromatic rings. The number of H-pyrrole nitrogens is 1. The highest BCUT2D eigenvalue weighted by Crippen LogP contribution is 2.37. The monoisotopic (exact) mass is 229 g/mol. The maximum absolute atomic E-state index is 5.13. The smallest absolute Gasteiger partial charge is 0.153 e. The summed E-state index contributed by atoms with van der Waals surface area (Å²) in [6.07, 6.45) is 3.27. The third-order valence-corrected chi connectivity index (χ3v) is 3.02. The Morgan fingerprint density at radius 3 is 2.71 bits per heavy atom. The van der Waals surface area contributed by atoms with Crippen molar-refractivity contribution in [3.63, 3.8) is 0 Å². The molecule has 0 unspecified atom stereocenters. The normalized spacial score (nSPS) is 14.9. The number of hydrogen-bond acceptors (Lipinski definition) is 3. The number of aromatic nitrogens is 3. The molecular formula is C13H15N3O. The average Bonchev–Trinajstić information content (AvgIpc) is 3.12. The number of methoxy groups -OCH3 is 1. The predicted octanol–water partition coefficient (Wildman–Crippen LogP) is 2.28. The van der Waals surface area contributed by atoms with Gasteiger partial charge in [-0.1, -0.05) is 12.1 Å². The summed E-state index contributed by atoms with van der Waals surface area (Å²) < 4.78 is 5.13. The lowest BCUT2D eigenvalue weighted by molar-refractivity contribution is 0.414. The Morgan fingerprint density at radius 2 is 2.06 bits per heavy atom. The topological polar surface area (TPSA) is 50.8 Å². The quantitative estimate of drug-likeness (QED) is 0.875. The van der Waals surface area contributed by atoms with E-state index in [2.05, 4.69) is 27.3 Å². The zero-order chi connectivity index (χ0) is 11.7. The molecular weight excluding hydrogens is 214 g/mol. The van der Waals surface area contributed by atoms with E-state index in [1.165, 1.54) is 18.4 Å². The molecule has 1 aromatic heterocycles. The van der Waals surface area contributed by atoms with Crippen molar-refractivity contribution in [1.82, 2.24) is 15.2 Å². The average molecular weight is 229 g/mol. The molecule has 1 fully saturated rings. The molecule has 88 valence electrons. The van der Waals surface area contributed by atoms with E-state index in [1.807, 2.05) is 12.1 Å². The lowest BCUT2D eigenvalue weighted by Gasteiger charge is -2.01. The van der Waals surface area contributed by atoms with E-state index in [0.29, 0.717) is 5.92 Å². The van der Waals surface area contributed by atoms with Gasteiger partial charge in [-0.25, -0.2) is 4.98 Å². The van der Waals surface area contributed by atoms with Crippen LogP contribution in [0.25, 0.3) is 0 Å². The zero-order valence-electron chi connectivity index (χ0n) is 9.81. The second-order valence-corrected chi connectivity index (χ2v) is 4.44. The second kappa shape index (κ2) is 4.20. The van der Waals surface area contributed by atoms with Crippen LogP contribution in [0.3, 0.4) is 0 Å². The molecule has 1 N–H and O–H groups in total. The van der Waals surface area contributed by atoms with E-state index < -0.39 is 0 Å². The molecule has 0 saturated heterocycles. The van der Waals surface area contributed by atoms with Crippen molar-refractivity contribution in [2.75, 3.05) is 7.11 Å². The number of nitrogens with zero attached hydrogens (tertiary/aromatic N) is 2. The Bertz CT molecular complexity index is 500. The molecule has 0 aliphatic heterocycles. The molecule has 1 aliphatic rings. The first-order valence-electron chi connectivity index (χ1n) is 5.89. The summed E-state index contributed by atoms with van der Waals surface area (Å²) in [4.78, 5) is 4.51. The fourth-order valence-electron chi connectivity index (χ4n) is 1.85. The highest BCUT2D eigenvalue weighted by Gasteiger charge is 2.27. The van der Waals surface area contributed by atoms with Crippen LogP contribution in [0.2, 0.25) is 0 Å². The van der Waals surface area contributed by atoms with Crippen molar-refractivity contribution in [3.8, 4) is 5.75 Å². The van der Waals surface area contributed by atoms with E-state index in [4.69, 9.17) is 4.74 Å². The lowest BCUT2D eigenvalue weighted by Crippen LogP contribution is -1.91. The maximum atomic E-state index is 5.13. The first-order chi connectivity index (χ1) is 8.35. The number of rotatable bonds is 4. The number of aromatic amines is 1. The molecule has 3 rings (SSSR count). The van der Waals surface area contributed by atoms with E-state index >= 15 is 0 Å². The van der Waals surface area contributed by atoms with Crippen LogP contribution in [-0.2, 0) is 6.42 Å². The number of ether oxygens (including phenoxy) is 1. The zero-order valence-corrected chi connectivity index (χ0v) is 9.81. The Kier molecular flexibility index (Phi) is 2.55. The Balaban J connectivity index is 1.71. The van der Waals surface area contributed by atoms with Crippen molar-refractivity contribution >= 4 is 0 Å². The van der Waals surface area contributed by atoms with Crippen LogP contribution in [0, 0.1) is 0 Å². The lowest BCUT2D eigenvalue weighted by atomic mass is 10.1. The summed E-state index contributed by atoms with van der Waals surface area (Å²) in [6.45, 7) is 0. The van der Waals surface area contributed by atoms with Gasteiger partial charge in [0.2, 0.25) is 0 Å². The molecule has 0 spiro atoms. The molecule has 4 nitrogen and oxygen atoms in total. The van der Waals surface area contributed by atoms with Gasteiger partial charge in [0.25, 0.3) is 0 Å². The second-order valence-electron chi connectivity index (χ2n) is 4.44. The highest BCUT2D eigenvalue weighted by molar-refractivity contribution is 5.28. The summed E-state index contributed by atoms with van der Waals surface area (Å²) in [5.41, 5.74) is 1.21. The summed E-state index contributed by atoms with van der Waals surface area (Å²) >= 11 is 0. The van der Waals surface area contributed by atoms with Crippen molar-refractivity contribution in [3.05, 3.63) is 41.5 Å². The van der Waals surface area contributed by atoms with Gasteiger partial charge in [0, 0.05) is 12.3 Å². The molecule has 0 amide bonds. The van der Waals surface area contributed by atoms with Gasteiger partial charge in [0.05, 0.1) is 7.11 Å². The number of hydrogen-bond donors (Lipinski definition) is 1. The number of benzene rings is 1. The van der Waals surface area contributed by atoms with Crippen molar-refractivity contribution < 1.29 is 4.74 Å².